The standard InChI is InChI=1S/C21H19N3O2S/c1-24(14-17-13-16-9-5-6-10-18(16)27-17)20(25)12-11-19-22-23-21(26-19)15-7-3-2-4-8-15/h2-10,13H,11-12,14H2,1H3. The molecule has 0 aliphatic carbocycles. The van der Waals surface area contributed by atoms with Crippen molar-refractivity contribution in [3.8, 4) is 11.5 Å². The Morgan fingerprint density at radius 3 is 2.67 bits per heavy atom. The maximum atomic E-state index is 12.5. The van der Waals surface area contributed by atoms with Crippen LogP contribution in [0, 0.1) is 0 Å². The van der Waals surface area contributed by atoms with E-state index >= 15 is 0 Å². The second-order valence-corrected chi connectivity index (χ2v) is 7.54. The minimum atomic E-state index is 0.0620. The van der Waals surface area contributed by atoms with Crippen molar-refractivity contribution in [1.29, 1.82) is 0 Å². The number of nitrogens with zero attached hydrogens (tertiary/aromatic N) is 3. The summed E-state index contributed by atoms with van der Waals surface area (Å²) in [6.07, 6.45) is 0.785. The Kier molecular flexibility index (Phi) is 4.98. The van der Waals surface area contributed by atoms with Gasteiger partial charge in [0.2, 0.25) is 17.7 Å². The summed E-state index contributed by atoms with van der Waals surface area (Å²) < 4.78 is 6.91. The van der Waals surface area contributed by atoms with Crippen LogP contribution in [0.1, 0.15) is 17.2 Å². The predicted molar refractivity (Wildman–Crippen MR) is 106 cm³/mol. The molecule has 2 aromatic heterocycles. The first kappa shape index (κ1) is 17.4. The van der Waals surface area contributed by atoms with Crippen LogP contribution in [-0.2, 0) is 17.8 Å². The van der Waals surface area contributed by atoms with Crippen molar-refractivity contribution in [2.24, 2.45) is 0 Å². The zero-order valence-electron chi connectivity index (χ0n) is 15.0. The second-order valence-electron chi connectivity index (χ2n) is 6.37. The zero-order valence-corrected chi connectivity index (χ0v) is 15.8. The smallest absolute Gasteiger partial charge is 0.247 e. The van der Waals surface area contributed by atoms with Gasteiger partial charge in [-0.25, -0.2) is 0 Å². The molecule has 0 radical (unpaired) electrons. The number of hydrogen-bond donors (Lipinski definition) is 0. The molecule has 0 unspecified atom stereocenters. The fourth-order valence-electron chi connectivity index (χ4n) is 2.89. The fourth-order valence-corrected chi connectivity index (χ4v) is 4.01. The van der Waals surface area contributed by atoms with Gasteiger partial charge in [-0.1, -0.05) is 36.4 Å². The molecule has 4 aromatic rings. The number of rotatable bonds is 6. The molecule has 0 atom stereocenters. The molecule has 0 aliphatic heterocycles. The molecule has 5 nitrogen and oxygen atoms in total. The molecule has 0 saturated carbocycles. The molecule has 2 aromatic carbocycles. The second kappa shape index (κ2) is 7.72. The summed E-state index contributed by atoms with van der Waals surface area (Å²) in [7, 11) is 1.83. The average molecular weight is 377 g/mol. The molecule has 1 amide bonds. The highest BCUT2D eigenvalue weighted by Gasteiger charge is 2.14. The number of carbonyl (C=O) groups excluding carboxylic acids is 1. The maximum absolute atomic E-state index is 12.5. The van der Waals surface area contributed by atoms with Crippen LogP contribution in [0.4, 0.5) is 0 Å². The third kappa shape index (κ3) is 4.06. The monoisotopic (exact) mass is 377 g/mol. The number of thiophene rings is 1. The highest BCUT2D eigenvalue weighted by Crippen LogP contribution is 2.26. The lowest BCUT2D eigenvalue weighted by molar-refractivity contribution is -0.130. The number of fused-ring (bicyclic) bond motifs is 1. The van der Waals surface area contributed by atoms with Crippen molar-refractivity contribution in [1.82, 2.24) is 15.1 Å². The molecule has 27 heavy (non-hydrogen) atoms. The van der Waals surface area contributed by atoms with E-state index in [1.807, 2.05) is 49.5 Å². The van der Waals surface area contributed by atoms with Gasteiger partial charge in [0.05, 0.1) is 6.54 Å². The Balaban J connectivity index is 1.34. The minimum Gasteiger partial charge on any atom is -0.421 e. The van der Waals surface area contributed by atoms with E-state index < -0.39 is 0 Å². The van der Waals surface area contributed by atoms with Crippen LogP contribution in [0.25, 0.3) is 21.5 Å². The summed E-state index contributed by atoms with van der Waals surface area (Å²) in [5, 5.41) is 9.33. The fraction of sp³-hybridized carbons (Fsp3) is 0.190. The third-order valence-corrected chi connectivity index (χ3v) is 5.44. The Hall–Kier alpha value is -2.99. The molecule has 0 aliphatic rings. The van der Waals surface area contributed by atoms with E-state index in [0.29, 0.717) is 31.2 Å². The Bertz CT molecular complexity index is 1020. The molecule has 0 spiro atoms. The van der Waals surface area contributed by atoms with Crippen LogP contribution in [-0.4, -0.2) is 28.1 Å². The van der Waals surface area contributed by atoms with E-state index in [1.54, 1.807) is 16.2 Å². The summed E-state index contributed by atoms with van der Waals surface area (Å²) in [5.74, 6) is 1.03. The Morgan fingerprint density at radius 2 is 1.85 bits per heavy atom. The SMILES string of the molecule is CN(Cc1cc2ccccc2s1)C(=O)CCc1nnc(-c2ccccc2)o1. The molecular weight excluding hydrogens is 358 g/mol. The lowest BCUT2D eigenvalue weighted by atomic mass is 10.2. The highest BCUT2D eigenvalue weighted by atomic mass is 32.1. The van der Waals surface area contributed by atoms with E-state index in [2.05, 4.69) is 28.4 Å². The van der Waals surface area contributed by atoms with Gasteiger partial charge in [-0.05, 0) is 29.7 Å². The third-order valence-electron chi connectivity index (χ3n) is 4.34. The van der Waals surface area contributed by atoms with Crippen molar-refractivity contribution < 1.29 is 9.21 Å². The van der Waals surface area contributed by atoms with E-state index in [1.165, 1.54) is 15.0 Å². The number of benzene rings is 2. The summed E-state index contributed by atoms with van der Waals surface area (Å²) >= 11 is 1.72. The van der Waals surface area contributed by atoms with E-state index in [9.17, 15) is 4.79 Å². The lowest BCUT2D eigenvalue weighted by Gasteiger charge is -2.15. The quantitative estimate of drug-likeness (QED) is 0.495. The first-order valence-electron chi connectivity index (χ1n) is 8.78. The van der Waals surface area contributed by atoms with Crippen molar-refractivity contribution >= 4 is 27.3 Å². The summed E-state index contributed by atoms with van der Waals surface area (Å²) in [4.78, 5) is 15.4. The van der Waals surface area contributed by atoms with Crippen LogP contribution in [0.5, 0.6) is 0 Å². The van der Waals surface area contributed by atoms with Crippen molar-refractivity contribution in [3.05, 3.63) is 71.4 Å². The molecule has 6 heteroatoms. The zero-order chi connectivity index (χ0) is 18.6. The summed E-state index contributed by atoms with van der Waals surface area (Å²) in [6, 6.07) is 20.0. The van der Waals surface area contributed by atoms with Crippen molar-refractivity contribution in [2.45, 2.75) is 19.4 Å². The van der Waals surface area contributed by atoms with Gasteiger partial charge in [-0.2, -0.15) is 0 Å². The largest absolute Gasteiger partial charge is 0.421 e. The van der Waals surface area contributed by atoms with Gasteiger partial charge in [0.25, 0.3) is 0 Å². The van der Waals surface area contributed by atoms with Crippen LogP contribution < -0.4 is 0 Å². The molecule has 0 fully saturated rings. The summed E-state index contributed by atoms with van der Waals surface area (Å²) in [6.45, 7) is 0.608. The van der Waals surface area contributed by atoms with Gasteiger partial charge < -0.3 is 9.32 Å². The topological polar surface area (TPSA) is 59.2 Å². The van der Waals surface area contributed by atoms with Crippen LogP contribution in [0.15, 0.2) is 65.1 Å². The first-order chi connectivity index (χ1) is 13.2. The first-order valence-corrected chi connectivity index (χ1v) is 9.60. The highest BCUT2D eigenvalue weighted by molar-refractivity contribution is 7.19. The van der Waals surface area contributed by atoms with Gasteiger partial charge in [-0.15, -0.1) is 21.5 Å². The van der Waals surface area contributed by atoms with Crippen LogP contribution in [0.3, 0.4) is 0 Å². The molecule has 4 rings (SSSR count). The number of aromatic nitrogens is 2. The maximum Gasteiger partial charge on any atom is 0.247 e. The van der Waals surface area contributed by atoms with Crippen molar-refractivity contribution in [2.75, 3.05) is 7.05 Å². The summed E-state index contributed by atoms with van der Waals surface area (Å²) in [5.41, 5.74) is 0.879. The van der Waals surface area contributed by atoms with Gasteiger partial charge in [0.1, 0.15) is 0 Å². The number of hydrogen-bond acceptors (Lipinski definition) is 5. The van der Waals surface area contributed by atoms with Gasteiger partial charge in [0, 0.05) is 35.0 Å². The van der Waals surface area contributed by atoms with Crippen LogP contribution in [0.2, 0.25) is 0 Å². The molecule has 0 N–H and O–H groups in total. The average Bonchev–Trinajstić information content (AvgIpc) is 3.33. The number of carbonyl (C=O) groups is 1. The van der Waals surface area contributed by atoms with E-state index in [4.69, 9.17) is 4.42 Å². The van der Waals surface area contributed by atoms with Gasteiger partial charge >= 0.3 is 0 Å². The van der Waals surface area contributed by atoms with Gasteiger partial charge in [0.15, 0.2) is 0 Å². The van der Waals surface area contributed by atoms with Gasteiger partial charge in [-0.3, -0.25) is 4.79 Å². The lowest BCUT2D eigenvalue weighted by Crippen LogP contribution is -2.26. The van der Waals surface area contributed by atoms with E-state index in [-0.39, 0.29) is 5.91 Å². The predicted octanol–water partition coefficient (Wildman–Crippen LogP) is 4.54. The van der Waals surface area contributed by atoms with Crippen LogP contribution >= 0.6 is 11.3 Å². The molecule has 136 valence electrons. The number of amides is 1. The number of aryl methyl sites for hydroxylation is 1. The van der Waals surface area contributed by atoms with E-state index in [0.717, 1.165) is 5.56 Å². The Labute approximate surface area is 161 Å². The molecular formula is C21H19N3O2S. The minimum absolute atomic E-state index is 0.0620. The van der Waals surface area contributed by atoms with Crippen molar-refractivity contribution in [3.63, 3.8) is 0 Å². The normalized spacial score (nSPS) is 11.0. The molecule has 0 saturated heterocycles. The molecule has 0 bridgehead atoms. The molecule has 2 heterocycles. The Morgan fingerprint density at radius 1 is 1.07 bits per heavy atom.